The van der Waals surface area contributed by atoms with Crippen molar-refractivity contribution in [3.05, 3.63) is 70.1 Å². The van der Waals surface area contributed by atoms with E-state index in [0.717, 1.165) is 31.8 Å². The van der Waals surface area contributed by atoms with Crippen LogP contribution in [-0.2, 0) is 11.3 Å². The lowest BCUT2D eigenvalue weighted by Crippen LogP contribution is -2.38. The summed E-state index contributed by atoms with van der Waals surface area (Å²) in [6, 6.07) is 14.7. The summed E-state index contributed by atoms with van der Waals surface area (Å²) < 4.78 is 8.50. The van der Waals surface area contributed by atoms with Gasteiger partial charge in [-0.3, -0.25) is 9.59 Å². The first-order chi connectivity index (χ1) is 14.5. The number of carbonyl (C=O) groups is 1. The molecule has 1 amide bonds. The van der Waals surface area contributed by atoms with Gasteiger partial charge in [-0.25, -0.2) is 4.68 Å². The normalized spacial score (nSPS) is 12.2. The third-order valence-corrected chi connectivity index (χ3v) is 6.47. The second kappa shape index (κ2) is 8.28. The molecule has 0 radical (unpaired) electrons. The van der Waals surface area contributed by atoms with E-state index >= 15 is 0 Å². The zero-order valence-electron chi connectivity index (χ0n) is 17.1. The number of aromatic nitrogens is 2. The molecule has 0 bridgehead atoms. The fourth-order valence-corrected chi connectivity index (χ4v) is 4.78. The van der Waals surface area contributed by atoms with Crippen molar-refractivity contribution in [1.82, 2.24) is 15.1 Å². The first-order valence-corrected chi connectivity index (χ1v) is 10.7. The second-order valence-corrected chi connectivity index (χ2v) is 8.18. The first kappa shape index (κ1) is 20.1. The number of nitrogens with zero attached hydrogens (tertiary/aromatic N) is 2. The Morgan fingerprint density at radius 1 is 1.23 bits per heavy atom. The predicted octanol–water partition coefficient (Wildman–Crippen LogP) is 4.20. The van der Waals surface area contributed by atoms with Gasteiger partial charge in [0, 0.05) is 16.6 Å². The Kier molecular flexibility index (Phi) is 5.55. The average molecular weight is 422 g/mol. The summed E-state index contributed by atoms with van der Waals surface area (Å²) in [5.41, 5.74) is 1.45. The quantitative estimate of drug-likeness (QED) is 0.507. The topological polar surface area (TPSA) is 73.2 Å². The second-order valence-electron chi connectivity index (χ2n) is 7.13. The molecule has 30 heavy (non-hydrogen) atoms. The molecule has 0 aliphatic rings. The molecule has 7 heteroatoms. The molecule has 154 valence electrons. The third-order valence-electron chi connectivity index (χ3n) is 5.19. The highest BCUT2D eigenvalue weighted by atomic mass is 32.1. The number of nitrogens with one attached hydrogen (secondary N) is 1. The van der Waals surface area contributed by atoms with Crippen LogP contribution < -0.4 is 15.6 Å². The van der Waals surface area contributed by atoms with Crippen molar-refractivity contribution in [2.75, 3.05) is 7.11 Å². The number of fused-ring (bicyclic) bond motifs is 3. The molecule has 4 rings (SSSR count). The zero-order chi connectivity index (χ0) is 21.3. The number of aryl methyl sites for hydroxylation is 1. The number of thiophene rings is 1. The maximum Gasteiger partial charge on any atom is 0.276 e. The number of ether oxygens (including phenoxy) is 1. The molecule has 0 saturated carbocycles. The van der Waals surface area contributed by atoms with Gasteiger partial charge in [-0.05, 0) is 37.1 Å². The van der Waals surface area contributed by atoms with Crippen LogP contribution in [0.4, 0.5) is 0 Å². The highest BCUT2D eigenvalue weighted by Crippen LogP contribution is 2.33. The van der Waals surface area contributed by atoms with Crippen LogP contribution in [0.25, 0.3) is 20.2 Å². The molecule has 6 nitrogen and oxygen atoms in total. The van der Waals surface area contributed by atoms with Crippen molar-refractivity contribution in [3.63, 3.8) is 0 Å². The van der Waals surface area contributed by atoms with Gasteiger partial charge < -0.3 is 10.1 Å². The van der Waals surface area contributed by atoms with Crippen LogP contribution in [0.1, 0.15) is 30.6 Å². The van der Waals surface area contributed by atoms with Crippen LogP contribution in [0, 0.1) is 6.92 Å². The summed E-state index contributed by atoms with van der Waals surface area (Å²) in [4.78, 5) is 26.3. The minimum absolute atomic E-state index is 0.226. The van der Waals surface area contributed by atoms with E-state index in [1.807, 2.05) is 62.4 Å². The Bertz CT molecular complexity index is 1290. The summed E-state index contributed by atoms with van der Waals surface area (Å²) in [6.07, 6.45) is 0.462. The molecule has 0 saturated heterocycles. The minimum Gasteiger partial charge on any atom is -0.497 e. The number of methoxy groups -OCH3 is 1. The lowest BCUT2D eigenvalue weighted by Gasteiger charge is -2.18. The van der Waals surface area contributed by atoms with Crippen LogP contribution in [0.2, 0.25) is 0 Å². The largest absolute Gasteiger partial charge is 0.497 e. The molecule has 0 aliphatic carbocycles. The van der Waals surface area contributed by atoms with Crippen LogP contribution in [-0.4, -0.2) is 22.8 Å². The Morgan fingerprint density at radius 3 is 2.80 bits per heavy atom. The summed E-state index contributed by atoms with van der Waals surface area (Å²) in [5.74, 6) is 0.505. The van der Waals surface area contributed by atoms with Crippen molar-refractivity contribution in [2.24, 2.45) is 0 Å². The van der Waals surface area contributed by atoms with Gasteiger partial charge in [0.1, 0.15) is 11.8 Å². The maximum absolute atomic E-state index is 13.3. The molecule has 0 aliphatic heterocycles. The number of benzene rings is 2. The highest BCUT2D eigenvalue weighted by Gasteiger charge is 2.24. The molecule has 4 aromatic rings. The molecule has 2 heterocycles. The van der Waals surface area contributed by atoms with Crippen LogP contribution in [0.3, 0.4) is 0 Å². The van der Waals surface area contributed by atoms with Crippen molar-refractivity contribution in [2.45, 2.75) is 32.9 Å². The molecular formula is C23H23N3O3S. The fourth-order valence-electron chi connectivity index (χ4n) is 3.65. The third kappa shape index (κ3) is 3.57. The van der Waals surface area contributed by atoms with E-state index in [2.05, 4.69) is 10.4 Å². The molecular weight excluding hydrogens is 398 g/mol. The summed E-state index contributed by atoms with van der Waals surface area (Å²) in [7, 11) is 1.61. The average Bonchev–Trinajstić information content (AvgIpc) is 3.17. The van der Waals surface area contributed by atoms with Gasteiger partial charge in [0.15, 0.2) is 0 Å². The Balaban J connectivity index is 1.68. The van der Waals surface area contributed by atoms with Gasteiger partial charge in [-0.2, -0.15) is 5.10 Å². The molecule has 1 N–H and O–H groups in total. The first-order valence-electron chi connectivity index (χ1n) is 9.84. The Hall–Kier alpha value is -3.19. The van der Waals surface area contributed by atoms with Crippen molar-refractivity contribution in [1.29, 1.82) is 0 Å². The van der Waals surface area contributed by atoms with Crippen LogP contribution in [0.15, 0.2) is 53.3 Å². The molecule has 2 aromatic heterocycles. The molecule has 0 fully saturated rings. The number of rotatable bonds is 6. The van der Waals surface area contributed by atoms with E-state index in [4.69, 9.17) is 4.74 Å². The fraction of sp³-hybridized carbons (Fsp3) is 0.261. The van der Waals surface area contributed by atoms with Gasteiger partial charge in [0.2, 0.25) is 5.91 Å². The summed E-state index contributed by atoms with van der Waals surface area (Å²) >= 11 is 1.56. The lowest BCUT2D eigenvalue weighted by atomic mass is 10.1. The summed E-state index contributed by atoms with van der Waals surface area (Å²) in [5, 5.41) is 8.99. The zero-order valence-corrected chi connectivity index (χ0v) is 18.0. The predicted molar refractivity (Wildman–Crippen MR) is 120 cm³/mol. The number of hydrogen-bond acceptors (Lipinski definition) is 5. The maximum atomic E-state index is 13.3. The minimum atomic E-state index is -0.676. The smallest absolute Gasteiger partial charge is 0.276 e. The SMILES string of the molecule is CC[C@H](C(=O)NCc1cccc(OC)c1)n1nc(C)c2sc3ccccc3c2c1=O. The molecule has 1 atom stereocenters. The van der Waals surface area contributed by atoms with Crippen molar-refractivity contribution >= 4 is 37.4 Å². The van der Waals surface area contributed by atoms with Gasteiger partial charge in [0.25, 0.3) is 5.56 Å². The van der Waals surface area contributed by atoms with Crippen LogP contribution >= 0.6 is 11.3 Å². The molecule has 2 aromatic carbocycles. The van der Waals surface area contributed by atoms with Gasteiger partial charge in [0.05, 0.1) is 22.9 Å². The Morgan fingerprint density at radius 2 is 2.03 bits per heavy atom. The standard InChI is InChI=1S/C23H23N3O3S/c1-4-18(22(27)24-13-15-8-7-9-16(12-15)29-3)26-23(28)20-17-10-5-6-11-19(17)30-21(20)14(2)25-26/h5-12,18H,4,13H2,1-3H3,(H,24,27)/t18-/m1/s1. The van der Waals surface area contributed by atoms with E-state index in [1.165, 1.54) is 4.68 Å². The van der Waals surface area contributed by atoms with Gasteiger partial charge >= 0.3 is 0 Å². The highest BCUT2D eigenvalue weighted by molar-refractivity contribution is 7.26. The molecule has 0 unspecified atom stereocenters. The van der Waals surface area contributed by atoms with E-state index in [0.29, 0.717) is 18.4 Å². The summed E-state index contributed by atoms with van der Waals surface area (Å²) in [6.45, 7) is 4.12. The van der Waals surface area contributed by atoms with Crippen LogP contribution in [0.5, 0.6) is 5.75 Å². The number of hydrogen-bond donors (Lipinski definition) is 1. The molecule has 0 spiro atoms. The Labute approximate surface area is 178 Å². The number of amides is 1. The number of carbonyl (C=O) groups excluding carboxylic acids is 1. The monoisotopic (exact) mass is 421 g/mol. The van der Waals surface area contributed by atoms with E-state index in [-0.39, 0.29) is 11.5 Å². The van der Waals surface area contributed by atoms with Gasteiger partial charge in [-0.15, -0.1) is 11.3 Å². The van der Waals surface area contributed by atoms with Gasteiger partial charge in [-0.1, -0.05) is 37.3 Å². The van der Waals surface area contributed by atoms with Crippen molar-refractivity contribution in [3.8, 4) is 5.75 Å². The van der Waals surface area contributed by atoms with E-state index in [9.17, 15) is 9.59 Å². The van der Waals surface area contributed by atoms with Crippen molar-refractivity contribution < 1.29 is 9.53 Å². The van der Waals surface area contributed by atoms with E-state index in [1.54, 1.807) is 18.4 Å². The van der Waals surface area contributed by atoms with E-state index < -0.39 is 6.04 Å². The lowest BCUT2D eigenvalue weighted by molar-refractivity contribution is -0.125.